The predicted molar refractivity (Wildman–Crippen MR) is 81.8 cm³/mol. The molecule has 21 heavy (non-hydrogen) atoms. The Labute approximate surface area is 130 Å². The van der Waals surface area contributed by atoms with Crippen LogP contribution in [0, 0.1) is 5.82 Å². The molecule has 2 N–H and O–H groups in total. The molecule has 0 aliphatic rings. The van der Waals surface area contributed by atoms with Crippen molar-refractivity contribution >= 4 is 29.0 Å². The van der Waals surface area contributed by atoms with Gasteiger partial charge in [-0.25, -0.2) is 4.39 Å². The first-order chi connectivity index (χ1) is 10.1. The molecule has 2 aromatic carbocycles. The van der Waals surface area contributed by atoms with E-state index in [0.29, 0.717) is 16.1 Å². The van der Waals surface area contributed by atoms with E-state index in [4.69, 9.17) is 33.5 Å². The third-order valence-electron chi connectivity index (χ3n) is 3.03. The van der Waals surface area contributed by atoms with Gasteiger partial charge in [-0.1, -0.05) is 46.6 Å². The second kappa shape index (κ2) is 5.39. The number of nitrogen functional groups attached to an aromatic ring is 1. The summed E-state index contributed by atoms with van der Waals surface area (Å²) in [7, 11) is 0. The maximum atomic E-state index is 14.2. The van der Waals surface area contributed by atoms with Gasteiger partial charge in [0.15, 0.2) is 17.4 Å². The van der Waals surface area contributed by atoms with Crippen LogP contribution in [0.4, 0.5) is 10.2 Å². The molecule has 0 amide bonds. The molecule has 1 aromatic heterocycles. The van der Waals surface area contributed by atoms with E-state index >= 15 is 0 Å². The molecule has 0 atom stereocenters. The monoisotopic (exact) mass is 322 g/mol. The van der Waals surface area contributed by atoms with E-state index in [2.05, 4.69) is 5.16 Å². The number of halogens is 3. The van der Waals surface area contributed by atoms with Crippen LogP contribution in [-0.2, 0) is 0 Å². The first kappa shape index (κ1) is 13.9. The van der Waals surface area contributed by atoms with Gasteiger partial charge in [0.25, 0.3) is 0 Å². The summed E-state index contributed by atoms with van der Waals surface area (Å²) in [5, 5.41) is 4.25. The predicted octanol–water partition coefficient (Wildman–Crippen LogP) is 5.04. The average Bonchev–Trinajstić information content (AvgIpc) is 2.83. The van der Waals surface area contributed by atoms with Crippen molar-refractivity contribution in [3.05, 3.63) is 58.3 Å². The topological polar surface area (TPSA) is 52.0 Å². The molecular formula is C15H9Cl2FN2O. The second-order valence-corrected chi connectivity index (χ2v) is 5.23. The molecule has 0 bridgehead atoms. The Balaban J connectivity index is 2.24. The van der Waals surface area contributed by atoms with Gasteiger partial charge in [-0.05, 0) is 29.8 Å². The first-order valence-corrected chi connectivity index (χ1v) is 6.79. The summed E-state index contributed by atoms with van der Waals surface area (Å²) in [4.78, 5) is 0. The van der Waals surface area contributed by atoms with Gasteiger partial charge >= 0.3 is 0 Å². The molecule has 0 saturated carbocycles. The van der Waals surface area contributed by atoms with Crippen LogP contribution < -0.4 is 5.73 Å². The number of rotatable bonds is 2. The molecule has 0 saturated heterocycles. The minimum atomic E-state index is -0.585. The molecule has 1 heterocycles. The molecule has 106 valence electrons. The van der Waals surface area contributed by atoms with Gasteiger partial charge in [0.05, 0.1) is 16.1 Å². The molecular weight excluding hydrogens is 314 g/mol. The summed E-state index contributed by atoms with van der Waals surface area (Å²) in [5.74, 6) is -0.208. The molecule has 0 unspecified atom stereocenters. The minimum Gasteiger partial charge on any atom is -0.380 e. The van der Waals surface area contributed by atoms with Gasteiger partial charge in [-0.2, -0.15) is 0 Å². The summed E-state index contributed by atoms with van der Waals surface area (Å²) in [6.07, 6.45) is 0. The van der Waals surface area contributed by atoms with Crippen LogP contribution >= 0.6 is 23.2 Å². The van der Waals surface area contributed by atoms with Gasteiger partial charge in [0.1, 0.15) is 0 Å². The van der Waals surface area contributed by atoms with E-state index in [-0.39, 0.29) is 22.2 Å². The van der Waals surface area contributed by atoms with Crippen molar-refractivity contribution in [3.63, 3.8) is 0 Å². The highest BCUT2D eigenvalue weighted by atomic mass is 35.5. The number of hydrogen-bond donors (Lipinski definition) is 1. The lowest BCUT2D eigenvalue weighted by Gasteiger charge is -2.05. The van der Waals surface area contributed by atoms with Crippen molar-refractivity contribution in [3.8, 4) is 22.5 Å². The molecule has 0 fully saturated rings. The largest absolute Gasteiger partial charge is 0.380 e. The van der Waals surface area contributed by atoms with Gasteiger partial charge in [0.2, 0.25) is 0 Å². The van der Waals surface area contributed by atoms with Crippen LogP contribution in [0.25, 0.3) is 22.5 Å². The second-order valence-electron chi connectivity index (χ2n) is 4.38. The number of nitrogens with zero attached hydrogens (tertiary/aromatic N) is 1. The van der Waals surface area contributed by atoms with E-state index in [1.807, 2.05) is 0 Å². The Bertz CT molecular complexity index is 817. The minimum absolute atomic E-state index is 0.000449. The van der Waals surface area contributed by atoms with Crippen molar-refractivity contribution in [2.45, 2.75) is 0 Å². The zero-order valence-electron chi connectivity index (χ0n) is 10.6. The number of benzene rings is 2. The molecule has 3 aromatic rings. The highest BCUT2D eigenvalue weighted by Gasteiger charge is 2.21. The number of aromatic nitrogens is 1. The van der Waals surface area contributed by atoms with E-state index < -0.39 is 5.82 Å². The molecule has 0 aliphatic carbocycles. The highest BCUT2D eigenvalue weighted by Crippen LogP contribution is 2.39. The molecule has 0 radical (unpaired) electrons. The van der Waals surface area contributed by atoms with Crippen molar-refractivity contribution in [1.82, 2.24) is 5.16 Å². The van der Waals surface area contributed by atoms with Crippen LogP contribution in [0.5, 0.6) is 0 Å². The third-order valence-corrected chi connectivity index (χ3v) is 3.56. The lowest BCUT2D eigenvalue weighted by molar-refractivity contribution is 0.433. The fourth-order valence-electron chi connectivity index (χ4n) is 2.09. The van der Waals surface area contributed by atoms with Crippen molar-refractivity contribution in [2.24, 2.45) is 0 Å². The van der Waals surface area contributed by atoms with Gasteiger partial charge in [-0.15, -0.1) is 0 Å². The lowest BCUT2D eigenvalue weighted by atomic mass is 10.0. The van der Waals surface area contributed by atoms with Crippen LogP contribution in [0.15, 0.2) is 47.0 Å². The fraction of sp³-hybridized carbons (Fsp3) is 0. The Morgan fingerprint density at radius 1 is 1.10 bits per heavy atom. The average molecular weight is 323 g/mol. The van der Waals surface area contributed by atoms with Crippen LogP contribution in [0.1, 0.15) is 0 Å². The Hall–Kier alpha value is -2.04. The quantitative estimate of drug-likeness (QED) is 0.719. The molecule has 0 aliphatic heterocycles. The summed E-state index contributed by atoms with van der Waals surface area (Å²) in [6, 6.07) is 11.6. The first-order valence-electron chi connectivity index (χ1n) is 6.03. The summed E-state index contributed by atoms with van der Waals surface area (Å²) in [6.45, 7) is 0. The maximum absolute atomic E-state index is 14.2. The molecule has 3 nitrogen and oxygen atoms in total. The SMILES string of the molecule is Nc1noc(-c2cccc(Cl)c2F)c1-c1cccc(Cl)c1. The summed E-state index contributed by atoms with van der Waals surface area (Å²) >= 11 is 11.8. The normalized spacial score (nSPS) is 10.8. The zero-order valence-corrected chi connectivity index (χ0v) is 12.1. The van der Waals surface area contributed by atoms with E-state index in [9.17, 15) is 4.39 Å². The Kier molecular flexibility index (Phi) is 3.57. The van der Waals surface area contributed by atoms with Gasteiger partial charge < -0.3 is 10.3 Å². The number of anilines is 1. The van der Waals surface area contributed by atoms with Crippen molar-refractivity contribution in [1.29, 1.82) is 0 Å². The van der Waals surface area contributed by atoms with Gasteiger partial charge in [-0.3, -0.25) is 0 Å². The third kappa shape index (κ3) is 2.48. The van der Waals surface area contributed by atoms with Crippen LogP contribution in [0.2, 0.25) is 10.0 Å². The molecule has 3 rings (SSSR count). The molecule has 6 heteroatoms. The Morgan fingerprint density at radius 3 is 2.62 bits per heavy atom. The van der Waals surface area contributed by atoms with E-state index in [1.165, 1.54) is 6.07 Å². The standard InChI is InChI=1S/C15H9Cl2FN2O/c16-9-4-1-3-8(7-9)12-14(21-20-15(12)19)10-5-2-6-11(17)13(10)18/h1-7H,(H2,19,20). The Morgan fingerprint density at radius 2 is 1.86 bits per heavy atom. The van der Waals surface area contributed by atoms with E-state index in [1.54, 1.807) is 36.4 Å². The highest BCUT2D eigenvalue weighted by molar-refractivity contribution is 6.31. The van der Waals surface area contributed by atoms with Gasteiger partial charge in [0, 0.05) is 5.02 Å². The lowest BCUT2D eigenvalue weighted by Crippen LogP contribution is -1.90. The fourth-order valence-corrected chi connectivity index (χ4v) is 2.45. The number of hydrogen-bond acceptors (Lipinski definition) is 3. The maximum Gasteiger partial charge on any atom is 0.179 e. The van der Waals surface area contributed by atoms with E-state index in [0.717, 1.165) is 0 Å². The summed E-state index contributed by atoms with van der Waals surface area (Å²) in [5.41, 5.74) is 7.22. The zero-order chi connectivity index (χ0) is 15.0. The summed E-state index contributed by atoms with van der Waals surface area (Å²) < 4.78 is 19.4. The van der Waals surface area contributed by atoms with Crippen molar-refractivity contribution < 1.29 is 8.91 Å². The number of nitrogens with two attached hydrogens (primary N) is 1. The van der Waals surface area contributed by atoms with Crippen LogP contribution in [-0.4, -0.2) is 5.16 Å². The van der Waals surface area contributed by atoms with Crippen molar-refractivity contribution in [2.75, 3.05) is 5.73 Å². The smallest absolute Gasteiger partial charge is 0.179 e. The van der Waals surface area contributed by atoms with Crippen LogP contribution in [0.3, 0.4) is 0 Å². The molecule has 0 spiro atoms.